The zero-order chi connectivity index (χ0) is 46.5. The lowest BCUT2D eigenvalue weighted by atomic mass is 9.93. The summed E-state index contributed by atoms with van der Waals surface area (Å²) in [5, 5.41) is 18.8. The van der Waals surface area contributed by atoms with Crippen LogP contribution in [0.15, 0.2) is 78.9 Å². The number of amides is 6. The molecule has 2 saturated heterocycles. The minimum atomic E-state index is -0.748. The van der Waals surface area contributed by atoms with Crippen molar-refractivity contribution >= 4 is 35.4 Å². The van der Waals surface area contributed by atoms with Gasteiger partial charge in [-0.15, -0.1) is 0 Å². The fourth-order valence-electron chi connectivity index (χ4n) is 8.69. The molecule has 0 radical (unpaired) electrons. The van der Waals surface area contributed by atoms with Gasteiger partial charge in [-0.1, -0.05) is 101 Å². The number of benzene rings is 2. The van der Waals surface area contributed by atoms with Gasteiger partial charge in [-0.2, -0.15) is 0 Å². The molecular formula is C50H72N8O6. The van der Waals surface area contributed by atoms with Crippen LogP contribution < -0.4 is 31.9 Å². The van der Waals surface area contributed by atoms with E-state index in [4.69, 9.17) is 0 Å². The first kappa shape index (κ1) is 49.7. The van der Waals surface area contributed by atoms with Crippen molar-refractivity contribution in [2.45, 2.75) is 135 Å². The number of carbonyl (C=O) groups is 6. The second kappa shape index (κ2) is 23.5. The second-order valence-corrected chi connectivity index (χ2v) is 18.2. The van der Waals surface area contributed by atoms with E-state index < -0.39 is 36.1 Å². The Kier molecular flexibility index (Phi) is 18.3. The molecule has 14 nitrogen and oxygen atoms in total. The van der Waals surface area contributed by atoms with Crippen molar-refractivity contribution in [3.05, 3.63) is 95.6 Å². The van der Waals surface area contributed by atoms with Crippen LogP contribution in [0.3, 0.4) is 0 Å². The van der Waals surface area contributed by atoms with Crippen molar-refractivity contribution < 1.29 is 28.8 Å². The van der Waals surface area contributed by atoms with Gasteiger partial charge in [0.2, 0.25) is 23.6 Å². The molecule has 6 N–H and O–H groups in total. The molecule has 2 aromatic carbocycles. The van der Waals surface area contributed by atoms with Gasteiger partial charge < -0.3 is 41.7 Å². The third-order valence-electron chi connectivity index (χ3n) is 13.5. The summed E-state index contributed by atoms with van der Waals surface area (Å²) in [7, 11) is 1.70. The number of likely N-dealkylation sites (N-methyl/N-ethyl adjacent to an activating group) is 1. The minimum absolute atomic E-state index is 0.00766. The number of hydrogen-bond donors (Lipinski definition) is 6. The first-order valence-electron chi connectivity index (χ1n) is 23.3. The molecule has 5 rings (SSSR count). The average Bonchev–Trinajstić information content (AvgIpc) is 3.93. The normalized spacial score (nSPS) is 23.3. The van der Waals surface area contributed by atoms with E-state index >= 15 is 0 Å². The van der Waals surface area contributed by atoms with Crippen LogP contribution in [0.25, 0.3) is 0 Å². The monoisotopic (exact) mass is 881 g/mol. The highest BCUT2D eigenvalue weighted by molar-refractivity contribution is 6.00. The predicted molar refractivity (Wildman–Crippen MR) is 250 cm³/mol. The lowest BCUT2D eigenvalue weighted by Crippen LogP contribution is -2.56. The topological polar surface area (TPSA) is 181 Å². The number of allylic oxidation sites excluding steroid dienone is 3. The molecule has 2 aliphatic heterocycles. The fourth-order valence-corrected chi connectivity index (χ4v) is 8.69. The number of nitrogens with zero attached hydrogens (tertiary/aromatic N) is 2. The van der Waals surface area contributed by atoms with Gasteiger partial charge in [0.25, 0.3) is 11.8 Å². The lowest BCUT2D eigenvalue weighted by molar-refractivity contribution is -0.139. The molecule has 0 bridgehead atoms. The molecule has 0 saturated carbocycles. The zero-order valence-electron chi connectivity index (χ0n) is 39.1. The van der Waals surface area contributed by atoms with Crippen molar-refractivity contribution in [3.8, 4) is 0 Å². The second-order valence-electron chi connectivity index (χ2n) is 18.2. The van der Waals surface area contributed by atoms with Crippen LogP contribution in [0, 0.1) is 17.8 Å². The van der Waals surface area contributed by atoms with E-state index in [0.29, 0.717) is 25.8 Å². The van der Waals surface area contributed by atoms with E-state index in [1.54, 1.807) is 48.0 Å². The van der Waals surface area contributed by atoms with E-state index in [0.717, 1.165) is 18.4 Å². The maximum atomic E-state index is 14.4. The molecule has 2 heterocycles. The molecule has 3 unspecified atom stereocenters. The summed E-state index contributed by atoms with van der Waals surface area (Å²) in [5.41, 5.74) is 1.66. The molecule has 3 aliphatic rings. The van der Waals surface area contributed by atoms with E-state index in [9.17, 15) is 28.8 Å². The summed E-state index contributed by atoms with van der Waals surface area (Å²) in [4.78, 5) is 85.9. The maximum Gasteiger partial charge on any atom is 0.251 e. The standard InChI is InChI=1S/C50H72N8O6/c1-9-31(3)24-44(59)58-30-41(27-43(58)49(63)53-34(6)37-20-15-12-16-21-37)55-48(62)39-23-17-22-38(25-39)47(61)54-40-26-42(28-52-33(5)36-18-13-11-14-19-36)57(29-40)50(64)45(32(4)10-2)56-46(60)35(7)51-8/h11-20,22-23,25,31-35,37,40-43,45,51-52H,9-10,21,24,26-30H2,1-8H3,(H,53,63)(H,54,61)(H,55,62)(H,56,60)/t31?,32-,33?,34-,35+,37-,40+,41+,42+,43+,45?/m1/s1. The molecule has 2 aromatic rings. The molecule has 0 aromatic heterocycles. The number of nitrogens with one attached hydrogen (secondary N) is 6. The molecule has 2 fully saturated rings. The third-order valence-corrected chi connectivity index (χ3v) is 13.5. The van der Waals surface area contributed by atoms with Gasteiger partial charge in [0.05, 0.1) is 6.04 Å². The Morgan fingerprint density at radius 1 is 0.766 bits per heavy atom. The Balaban J connectivity index is 1.27. The highest BCUT2D eigenvalue weighted by atomic mass is 16.2. The quantitative estimate of drug-likeness (QED) is 0.111. The van der Waals surface area contributed by atoms with Crippen LogP contribution in [0.5, 0.6) is 0 Å². The largest absolute Gasteiger partial charge is 0.351 e. The van der Waals surface area contributed by atoms with E-state index in [-0.39, 0.29) is 96.1 Å². The molecule has 348 valence electrons. The van der Waals surface area contributed by atoms with Gasteiger partial charge in [0, 0.05) is 73.3 Å². The average molecular weight is 881 g/mol. The molecule has 1 aliphatic carbocycles. The Morgan fingerprint density at radius 3 is 2.03 bits per heavy atom. The number of hydrogen-bond acceptors (Lipinski definition) is 8. The number of likely N-dealkylation sites (tertiary alicyclic amines) is 2. The third kappa shape index (κ3) is 13.1. The SMILES string of the molecule is CCC(C)CC(=O)N1C[C@@H](NC(=O)c2cccc(C(=O)N[C@H]3C[C@@H](CNC(C)c4ccccc4)N(C(=O)C(NC(=O)[C@H](C)NC)[C@H](C)CC)C3)c2)C[C@H]1C(=O)N[C@H](C)[C@@H]1C=CC=CC1. The van der Waals surface area contributed by atoms with Gasteiger partial charge in [0.1, 0.15) is 12.1 Å². The van der Waals surface area contributed by atoms with Gasteiger partial charge in [0.15, 0.2) is 0 Å². The molecule has 11 atom stereocenters. The summed E-state index contributed by atoms with van der Waals surface area (Å²) >= 11 is 0. The van der Waals surface area contributed by atoms with E-state index in [1.165, 1.54) is 0 Å². The molecule has 0 spiro atoms. The van der Waals surface area contributed by atoms with Crippen molar-refractivity contribution in [1.29, 1.82) is 0 Å². The number of carbonyl (C=O) groups excluding carboxylic acids is 6. The summed E-state index contributed by atoms with van der Waals surface area (Å²) in [6, 6.07) is 13.3. The first-order valence-corrected chi connectivity index (χ1v) is 23.3. The van der Waals surface area contributed by atoms with Crippen molar-refractivity contribution in [2.75, 3.05) is 26.7 Å². The molecule has 14 heteroatoms. The summed E-state index contributed by atoms with van der Waals surface area (Å²) in [5.74, 6) is -1.43. The summed E-state index contributed by atoms with van der Waals surface area (Å²) < 4.78 is 0. The minimum Gasteiger partial charge on any atom is -0.351 e. The highest BCUT2D eigenvalue weighted by Gasteiger charge is 2.42. The van der Waals surface area contributed by atoms with Crippen LogP contribution in [0.1, 0.15) is 119 Å². The van der Waals surface area contributed by atoms with Gasteiger partial charge in [-0.3, -0.25) is 28.8 Å². The van der Waals surface area contributed by atoms with Crippen molar-refractivity contribution in [1.82, 2.24) is 41.7 Å². The Hall–Kier alpha value is -5.34. The Morgan fingerprint density at radius 2 is 1.42 bits per heavy atom. The molecular weight excluding hydrogens is 809 g/mol. The smallest absolute Gasteiger partial charge is 0.251 e. The number of rotatable bonds is 20. The van der Waals surface area contributed by atoms with Gasteiger partial charge >= 0.3 is 0 Å². The van der Waals surface area contributed by atoms with Crippen LogP contribution in [-0.4, -0.2) is 114 Å². The van der Waals surface area contributed by atoms with Crippen LogP contribution in [0.2, 0.25) is 0 Å². The van der Waals surface area contributed by atoms with E-state index in [2.05, 4.69) is 51.0 Å². The molecule has 6 amide bonds. The lowest BCUT2D eigenvalue weighted by Gasteiger charge is -2.33. The summed E-state index contributed by atoms with van der Waals surface area (Å²) in [6.45, 7) is 14.7. The fraction of sp³-hybridized carbons (Fsp3) is 0.560. The first-order chi connectivity index (χ1) is 30.6. The van der Waals surface area contributed by atoms with Gasteiger partial charge in [-0.05, 0) is 82.7 Å². The zero-order valence-corrected chi connectivity index (χ0v) is 39.1. The van der Waals surface area contributed by atoms with Crippen molar-refractivity contribution in [2.24, 2.45) is 17.8 Å². The highest BCUT2D eigenvalue weighted by Crippen LogP contribution is 2.26. The Labute approximate surface area is 380 Å². The van der Waals surface area contributed by atoms with Crippen LogP contribution in [-0.2, 0) is 19.2 Å². The van der Waals surface area contributed by atoms with Crippen LogP contribution >= 0.6 is 0 Å². The predicted octanol–water partition coefficient (Wildman–Crippen LogP) is 4.65. The summed E-state index contributed by atoms with van der Waals surface area (Å²) in [6.07, 6.45) is 11.5. The van der Waals surface area contributed by atoms with Crippen molar-refractivity contribution in [3.63, 3.8) is 0 Å². The van der Waals surface area contributed by atoms with Crippen LogP contribution in [0.4, 0.5) is 0 Å². The molecule has 64 heavy (non-hydrogen) atoms. The Bertz CT molecular complexity index is 1990. The van der Waals surface area contributed by atoms with Gasteiger partial charge in [-0.25, -0.2) is 0 Å². The maximum absolute atomic E-state index is 14.4. The van der Waals surface area contributed by atoms with E-state index in [1.807, 2.05) is 77.1 Å².